The van der Waals surface area contributed by atoms with Crippen LogP contribution >= 0.6 is 0 Å². The van der Waals surface area contributed by atoms with Crippen molar-refractivity contribution in [3.05, 3.63) is 54.4 Å². The lowest BCUT2D eigenvalue weighted by Gasteiger charge is -2.08. The van der Waals surface area contributed by atoms with Crippen LogP contribution in [0.2, 0.25) is 0 Å². The summed E-state index contributed by atoms with van der Waals surface area (Å²) in [6.07, 6.45) is 3.82. The van der Waals surface area contributed by atoms with E-state index < -0.39 is 0 Å². The van der Waals surface area contributed by atoms with Crippen LogP contribution in [0, 0.1) is 0 Å². The highest BCUT2D eigenvalue weighted by Gasteiger charge is 2.24. The lowest BCUT2D eigenvalue weighted by Crippen LogP contribution is -2.07. The van der Waals surface area contributed by atoms with Crippen molar-refractivity contribution in [3.63, 3.8) is 0 Å². The molecule has 0 spiro atoms. The number of rotatable bonds is 3. The first-order chi connectivity index (χ1) is 9.85. The second kappa shape index (κ2) is 5.61. The maximum atomic E-state index is 5.61. The number of oxime groups is 1. The number of pyridine rings is 1. The van der Waals surface area contributed by atoms with Gasteiger partial charge in [-0.3, -0.25) is 4.98 Å². The molecule has 0 unspecified atom stereocenters. The van der Waals surface area contributed by atoms with E-state index in [2.05, 4.69) is 10.1 Å². The molecule has 2 aromatic rings. The molecule has 0 bridgehead atoms. The smallest absolute Gasteiger partial charge is 0.235 e. The van der Waals surface area contributed by atoms with E-state index in [1.807, 2.05) is 36.4 Å². The van der Waals surface area contributed by atoms with Gasteiger partial charge in [-0.15, -0.1) is 0 Å². The minimum Gasteiger partial charge on any atom is -0.497 e. The molecule has 102 valence electrons. The molecule has 5 nitrogen and oxygen atoms in total. The van der Waals surface area contributed by atoms with E-state index in [1.54, 1.807) is 19.5 Å². The van der Waals surface area contributed by atoms with Crippen LogP contribution in [0.25, 0.3) is 0 Å². The largest absolute Gasteiger partial charge is 0.497 e. The SMILES string of the molecule is COc1ccc([C@H]2CC(Oc3cccnc3)=NO2)cc1. The molecule has 1 aromatic heterocycles. The lowest BCUT2D eigenvalue weighted by atomic mass is 10.1. The summed E-state index contributed by atoms with van der Waals surface area (Å²) in [4.78, 5) is 9.39. The van der Waals surface area contributed by atoms with E-state index in [-0.39, 0.29) is 6.10 Å². The van der Waals surface area contributed by atoms with Crippen molar-refractivity contribution >= 4 is 5.90 Å². The first-order valence-corrected chi connectivity index (χ1v) is 6.29. The molecule has 0 N–H and O–H groups in total. The van der Waals surface area contributed by atoms with Crippen LogP contribution in [0.1, 0.15) is 18.1 Å². The molecule has 0 radical (unpaired) electrons. The highest BCUT2D eigenvalue weighted by atomic mass is 16.7. The predicted octanol–water partition coefficient (Wildman–Crippen LogP) is 2.94. The molecule has 0 amide bonds. The Morgan fingerprint density at radius 3 is 2.70 bits per heavy atom. The third-order valence-electron chi connectivity index (χ3n) is 3.00. The second-order valence-electron chi connectivity index (χ2n) is 4.35. The molecule has 1 aliphatic heterocycles. The number of aromatic nitrogens is 1. The van der Waals surface area contributed by atoms with Crippen LogP contribution in [0.4, 0.5) is 0 Å². The van der Waals surface area contributed by atoms with E-state index in [1.165, 1.54) is 0 Å². The molecule has 1 aliphatic rings. The highest BCUT2D eigenvalue weighted by molar-refractivity contribution is 5.79. The molecule has 0 aliphatic carbocycles. The van der Waals surface area contributed by atoms with Crippen molar-refractivity contribution in [3.8, 4) is 11.5 Å². The summed E-state index contributed by atoms with van der Waals surface area (Å²) >= 11 is 0. The Hall–Kier alpha value is -2.56. The maximum Gasteiger partial charge on any atom is 0.235 e. The number of nitrogens with zero attached hydrogens (tertiary/aromatic N) is 2. The fourth-order valence-electron chi connectivity index (χ4n) is 1.96. The lowest BCUT2D eigenvalue weighted by molar-refractivity contribution is 0.0855. The summed E-state index contributed by atoms with van der Waals surface area (Å²) < 4.78 is 10.7. The highest BCUT2D eigenvalue weighted by Crippen LogP contribution is 2.29. The number of hydrogen-bond donors (Lipinski definition) is 0. The van der Waals surface area contributed by atoms with Crippen LogP contribution in [0.3, 0.4) is 0 Å². The molecule has 2 heterocycles. The van der Waals surface area contributed by atoms with Gasteiger partial charge >= 0.3 is 0 Å². The molecule has 0 fully saturated rings. The first kappa shape index (κ1) is 12.5. The number of ether oxygens (including phenoxy) is 2. The van der Waals surface area contributed by atoms with Crippen molar-refractivity contribution in [1.82, 2.24) is 4.98 Å². The van der Waals surface area contributed by atoms with E-state index in [9.17, 15) is 0 Å². The fourth-order valence-corrected chi connectivity index (χ4v) is 1.96. The van der Waals surface area contributed by atoms with E-state index in [4.69, 9.17) is 14.3 Å². The molecule has 3 rings (SSSR count). The third-order valence-corrected chi connectivity index (χ3v) is 3.00. The van der Waals surface area contributed by atoms with Gasteiger partial charge in [0.15, 0.2) is 6.10 Å². The van der Waals surface area contributed by atoms with Crippen molar-refractivity contribution < 1.29 is 14.3 Å². The van der Waals surface area contributed by atoms with Gasteiger partial charge in [-0.1, -0.05) is 17.3 Å². The predicted molar refractivity (Wildman–Crippen MR) is 73.7 cm³/mol. The van der Waals surface area contributed by atoms with Gasteiger partial charge in [0.05, 0.1) is 19.7 Å². The van der Waals surface area contributed by atoms with Crippen LogP contribution < -0.4 is 9.47 Å². The van der Waals surface area contributed by atoms with Gasteiger partial charge in [-0.25, -0.2) is 0 Å². The minimum absolute atomic E-state index is 0.118. The Balaban J connectivity index is 1.63. The zero-order valence-corrected chi connectivity index (χ0v) is 11.0. The molecule has 0 saturated heterocycles. The summed E-state index contributed by atoms with van der Waals surface area (Å²) in [6.45, 7) is 0. The van der Waals surface area contributed by atoms with Crippen molar-refractivity contribution in [1.29, 1.82) is 0 Å². The quantitative estimate of drug-likeness (QED) is 0.860. The Morgan fingerprint density at radius 2 is 2.00 bits per heavy atom. The molecule has 20 heavy (non-hydrogen) atoms. The van der Waals surface area contributed by atoms with Crippen molar-refractivity contribution in [2.24, 2.45) is 5.16 Å². The standard InChI is InChI=1S/C15H14N2O3/c1-18-12-6-4-11(5-7-12)14-9-15(17-20-14)19-13-3-2-8-16-10-13/h2-8,10,14H,9H2,1H3/t14-/m1/s1. The maximum absolute atomic E-state index is 5.61. The van der Waals surface area contributed by atoms with E-state index in [0.29, 0.717) is 18.1 Å². The number of methoxy groups -OCH3 is 1. The van der Waals surface area contributed by atoms with Crippen LogP contribution in [-0.2, 0) is 4.84 Å². The topological polar surface area (TPSA) is 52.9 Å². The molecule has 1 aromatic carbocycles. The van der Waals surface area contributed by atoms with Crippen molar-refractivity contribution in [2.75, 3.05) is 7.11 Å². The summed E-state index contributed by atoms with van der Waals surface area (Å²) in [5, 5.41) is 3.97. The van der Waals surface area contributed by atoms with Crippen LogP contribution in [-0.4, -0.2) is 18.0 Å². The minimum atomic E-state index is -0.118. The van der Waals surface area contributed by atoms with Gasteiger partial charge in [-0.05, 0) is 29.8 Å². The molecule has 5 heteroatoms. The summed E-state index contributed by atoms with van der Waals surface area (Å²) in [5.74, 6) is 2.03. The Morgan fingerprint density at radius 1 is 1.15 bits per heavy atom. The molecular formula is C15H14N2O3. The summed E-state index contributed by atoms with van der Waals surface area (Å²) in [7, 11) is 1.64. The van der Waals surface area contributed by atoms with Gasteiger partial charge < -0.3 is 14.3 Å². The van der Waals surface area contributed by atoms with Crippen LogP contribution in [0.5, 0.6) is 11.5 Å². The zero-order valence-electron chi connectivity index (χ0n) is 11.0. The Labute approximate surface area is 116 Å². The summed E-state index contributed by atoms with van der Waals surface area (Å²) in [6, 6.07) is 11.4. The van der Waals surface area contributed by atoms with Gasteiger partial charge in [-0.2, -0.15) is 0 Å². The normalized spacial score (nSPS) is 17.2. The number of hydrogen-bond acceptors (Lipinski definition) is 5. The van der Waals surface area contributed by atoms with E-state index >= 15 is 0 Å². The molecule has 1 atom stereocenters. The average Bonchev–Trinajstić information content (AvgIpc) is 2.97. The monoisotopic (exact) mass is 270 g/mol. The average molecular weight is 270 g/mol. The molecular weight excluding hydrogens is 256 g/mol. The van der Waals surface area contributed by atoms with Gasteiger partial charge in [0.1, 0.15) is 11.5 Å². The van der Waals surface area contributed by atoms with E-state index in [0.717, 1.165) is 11.3 Å². The van der Waals surface area contributed by atoms with Gasteiger partial charge in [0.2, 0.25) is 5.90 Å². The second-order valence-corrected chi connectivity index (χ2v) is 4.35. The molecule has 0 saturated carbocycles. The Bertz CT molecular complexity index is 596. The first-order valence-electron chi connectivity index (χ1n) is 6.29. The van der Waals surface area contributed by atoms with Crippen LogP contribution in [0.15, 0.2) is 53.9 Å². The number of benzene rings is 1. The zero-order chi connectivity index (χ0) is 13.8. The third kappa shape index (κ3) is 2.71. The Kier molecular flexibility index (Phi) is 3.50. The summed E-state index contributed by atoms with van der Waals surface area (Å²) in [5.41, 5.74) is 1.04. The van der Waals surface area contributed by atoms with Crippen molar-refractivity contribution in [2.45, 2.75) is 12.5 Å². The van der Waals surface area contributed by atoms with Gasteiger partial charge in [0.25, 0.3) is 0 Å². The van der Waals surface area contributed by atoms with Gasteiger partial charge in [0, 0.05) is 6.20 Å². The fraction of sp³-hybridized carbons (Fsp3) is 0.200.